The highest BCUT2D eigenvalue weighted by molar-refractivity contribution is 9.10. The van der Waals surface area contributed by atoms with Crippen LogP contribution < -0.4 is 0 Å². The molecule has 2 nitrogen and oxygen atoms in total. The van der Waals surface area contributed by atoms with Gasteiger partial charge in [0.05, 0.1) is 11.6 Å². The Labute approximate surface area is 108 Å². The van der Waals surface area contributed by atoms with Gasteiger partial charge in [0.15, 0.2) is 0 Å². The molecule has 84 valence electrons. The van der Waals surface area contributed by atoms with Crippen molar-refractivity contribution in [2.75, 3.05) is 0 Å². The van der Waals surface area contributed by atoms with Gasteiger partial charge < -0.3 is 5.11 Å². The van der Waals surface area contributed by atoms with Gasteiger partial charge in [0.1, 0.15) is 5.75 Å². The number of aromatic hydroxyl groups is 1. The van der Waals surface area contributed by atoms with E-state index in [0.29, 0.717) is 5.56 Å². The number of aryl methyl sites for hydroxylation is 1. The summed E-state index contributed by atoms with van der Waals surface area (Å²) in [6.07, 6.45) is 0. The molecule has 0 unspecified atom stereocenters. The molecular formula is C14H10BrNO. The monoisotopic (exact) mass is 287 g/mol. The first kappa shape index (κ1) is 11.7. The molecule has 0 radical (unpaired) electrons. The Balaban J connectivity index is 2.68. The van der Waals surface area contributed by atoms with Gasteiger partial charge >= 0.3 is 0 Å². The average molecular weight is 288 g/mol. The van der Waals surface area contributed by atoms with E-state index in [9.17, 15) is 5.11 Å². The predicted octanol–water partition coefficient (Wildman–Crippen LogP) is 4.00. The number of halogens is 1. The minimum atomic E-state index is 0.214. The summed E-state index contributed by atoms with van der Waals surface area (Å²) in [5.74, 6) is 0.214. The van der Waals surface area contributed by atoms with E-state index >= 15 is 0 Å². The molecule has 2 aromatic rings. The standard InChI is InChI=1S/C14H10BrNO/c1-9-2-3-10(8-16)6-12(9)13-7-11(15)4-5-14(13)17/h2-7,17H,1H3. The summed E-state index contributed by atoms with van der Waals surface area (Å²) >= 11 is 3.38. The first-order valence-corrected chi connectivity index (χ1v) is 5.91. The Morgan fingerprint density at radius 2 is 1.88 bits per heavy atom. The Hall–Kier alpha value is -1.79. The van der Waals surface area contributed by atoms with E-state index < -0.39 is 0 Å². The molecule has 0 amide bonds. The van der Waals surface area contributed by atoms with Gasteiger partial charge in [-0.1, -0.05) is 22.0 Å². The van der Waals surface area contributed by atoms with Crippen LogP contribution in [0.2, 0.25) is 0 Å². The smallest absolute Gasteiger partial charge is 0.123 e. The van der Waals surface area contributed by atoms with E-state index in [0.717, 1.165) is 21.2 Å². The topological polar surface area (TPSA) is 44.0 Å². The summed E-state index contributed by atoms with van der Waals surface area (Å²) in [4.78, 5) is 0. The lowest BCUT2D eigenvalue weighted by molar-refractivity contribution is 0.477. The van der Waals surface area contributed by atoms with Crippen molar-refractivity contribution in [3.05, 3.63) is 52.0 Å². The van der Waals surface area contributed by atoms with E-state index in [1.165, 1.54) is 0 Å². The minimum absolute atomic E-state index is 0.214. The number of rotatable bonds is 1. The van der Waals surface area contributed by atoms with E-state index in [1.807, 2.05) is 19.1 Å². The fourth-order valence-electron chi connectivity index (χ4n) is 1.71. The second-order valence-corrected chi connectivity index (χ2v) is 4.72. The number of hydrogen-bond donors (Lipinski definition) is 1. The van der Waals surface area contributed by atoms with Crippen molar-refractivity contribution in [2.45, 2.75) is 6.92 Å². The molecule has 2 rings (SSSR count). The molecule has 0 atom stereocenters. The zero-order chi connectivity index (χ0) is 12.4. The number of hydrogen-bond acceptors (Lipinski definition) is 2. The summed E-state index contributed by atoms with van der Waals surface area (Å²) in [7, 11) is 0. The van der Waals surface area contributed by atoms with Crippen molar-refractivity contribution < 1.29 is 5.11 Å². The summed E-state index contributed by atoms with van der Waals surface area (Å²) in [5, 5.41) is 18.8. The van der Waals surface area contributed by atoms with Gasteiger partial charge in [0.25, 0.3) is 0 Å². The largest absolute Gasteiger partial charge is 0.507 e. The van der Waals surface area contributed by atoms with Crippen molar-refractivity contribution in [1.82, 2.24) is 0 Å². The van der Waals surface area contributed by atoms with Gasteiger partial charge in [0, 0.05) is 10.0 Å². The maximum atomic E-state index is 9.87. The van der Waals surface area contributed by atoms with E-state index in [4.69, 9.17) is 5.26 Å². The molecule has 3 heteroatoms. The highest BCUT2D eigenvalue weighted by Gasteiger charge is 2.08. The van der Waals surface area contributed by atoms with Gasteiger partial charge in [-0.2, -0.15) is 5.26 Å². The van der Waals surface area contributed by atoms with Crippen LogP contribution in [0.15, 0.2) is 40.9 Å². The zero-order valence-electron chi connectivity index (χ0n) is 9.24. The van der Waals surface area contributed by atoms with Crippen molar-refractivity contribution in [1.29, 1.82) is 5.26 Å². The van der Waals surface area contributed by atoms with Gasteiger partial charge in [-0.3, -0.25) is 0 Å². The maximum Gasteiger partial charge on any atom is 0.123 e. The summed E-state index contributed by atoms with van der Waals surface area (Å²) in [6.45, 7) is 1.96. The van der Waals surface area contributed by atoms with Crippen LogP contribution in [0.3, 0.4) is 0 Å². The Bertz CT molecular complexity index is 614. The van der Waals surface area contributed by atoms with E-state index in [-0.39, 0.29) is 5.75 Å². The molecule has 0 saturated heterocycles. The molecule has 0 aromatic heterocycles. The Morgan fingerprint density at radius 1 is 1.12 bits per heavy atom. The van der Waals surface area contributed by atoms with Crippen molar-refractivity contribution in [3.8, 4) is 22.9 Å². The molecule has 0 spiro atoms. The van der Waals surface area contributed by atoms with E-state index in [1.54, 1.807) is 24.3 Å². The molecule has 0 aliphatic carbocycles. The molecule has 0 fully saturated rings. The van der Waals surface area contributed by atoms with Gasteiger partial charge in [-0.25, -0.2) is 0 Å². The average Bonchev–Trinajstić information content (AvgIpc) is 2.33. The maximum absolute atomic E-state index is 9.87. The fourth-order valence-corrected chi connectivity index (χ4v) is 2.07. The quantitative estimate of drug-likeness (QED) is 0.861. The molecule has 0 saturated carbocycles. The second-order valence-electron chi connectivity index (χ2n) is 3.80. The summed E-state index contributed by atoms with van der Waals surface area (Å²) in [6, 6.07) is 12.8. The summed E-state index contributed by atoms with van der Waals surface area (Å²) in [5.41, 5.74) is 3.22. The van der Waals surface area contributed by atoms with Gasteiger partial charge in [-0.05, 0) is 48.4 Å². The number of nitriles is 1. The number of phenolic OH excluding ortho intramolecular Hbond substituents is 1. The third kappa shape index (κ3) is 2.32. The van der Waals surface area contributed by atoms with Crippen LogP contribution in [-0.2, 0) is 0 Å². The van der Waals surface area contributed by atoms with Crippen LogP contribution in [0.1, 0.15) is 11.1 Å². The minimum Gasteiger partial charge on any atom is -0.507 e. The van der Waals surface area contributed by atoms with Gasteiger partial charge in [-0.15, -0.1) is 0 Å². The van der Waals surface area contributed by atoms with Crippen LogP contribution in [-0.4, -0.2) is 5.11 Å². The third-order valence-corrected chi connectivity index (χ3v) is 3.11. The Kier molecular flexibility index (Phi) is 3.16. The van der Waals surface area contributed by atoms with Crippen molar-refractivity contribution >= 4 is 15.9 Å². The van der Waals surface area contributed by atoms with Crippen molar-refractivity contribution in [2.24, 2.45) is 0 Å². The molecule has 17 heavy (non-hydrogen) atoms. The van der Waals surface area contributed by atoms with Crippen LogP contribution in [0.5, 0.6) is 5.75 Å². The van der Waals surface area contributed by atoms with E-state index in [2.05, 4.69) is 22.0 Å². The summed E-state index contributed by atoms with van der Waals surface area (Å²) < 4.78 is 0.895. The number of nitrogens with zero attached hydrogens (tertiary/aromatic N) is 1. The molecule has 0 aliphatic rings. The van der Waals surface area contributed by atoms with Crippen LogP contribution in [0, 0.1) is 18.3 Å². The highest BCUT2D eigenvalue weighted by atomic mass is 79.9. The predicted molar refractivity (Wildman–Crippen MR) is 70.7 cm³/mol. The molecule has 1 N–H and O–H groups in total. The SMILES string of the molecule is Cc1ccc(C#N)cc1-c1cc(Br)ccc1O. The lowest BCUT2D eigenvalue weighted by Crippen LogP contribution is -1.86. The molecule has 2 aromatic carbocycles. The molecule has 0 aliphatic heterocycles. The van der Waals surface area contributed by atoms with Gasteiger partial charge in [0.2, 0.25) is 0 Å². The first-order chi connectivity index (χ1) is 8.11. The second kappa shape index (κ2) is 4.60. The van der Waals surface area contributed by atoms with Crippen molar-refractivity contribution in [3.63, 3.8) is 0 Å². The first-order valence-electron chi connectivity index (χ1n) is 5.11. The van der Waals surface area contributed by atoms with Crippen LogP contribution >= 0.6 is 15.9 Å². The zero-order valence-corrected chi connectivity index (χ0v) is 10.8. The van der Waals surface area contributed by atoms with Crippen LogP contribution in [0.25, 0.3) is 11.1 Å². The number of benzene rings is 2. The lowest BCUT2D eigenvalue weighted by atomic mass is 9.98. The third-order valence-electron chi connectivity index (χ3n) is 2.62. The Morgan fingerprint density at radius 3 is 2.59 bits per heavy atom. The fraction of sp³-hybridized carbons (Fsp3) is 0.0714. The number of phenols is 1. The highest BCUT2D eigenvalue weighted by Crippen LogP contribution is 2.34. The molecule has 0 heterocycles. The molecular weight excluding hydrogens is 278 g/mol. The molecule has 0 bridgehead atoms. The van der Waals surface area contributed by atoms with Crippen LogP contribution in [0.4, 0.5) is 0 Å². The lowest BCUT2D eigenvalue weighted by Gasteiger charge is -2.09. The normalized spacial score (nSPS) is 9.94.